The van der Waals surface area contributed by atoms with E-state index in [0.717, 1.165) is 6.54 Å². The number of hydrogen-bond acceptors (Lipinski definition) is 2. The summed E-state index contributed by atoms with van der Waals surface area (Å²) in [7, 11) is 0. The molecule has 20 heavy (non-hydrogen) atoms. The van der Waals surface area contributed by atoms with Gasteiger partial charge in [0.05, 0.1) is 0 Å². The highest BCUT2D eigenvalue weighted by Crippen LogP contribution is 2.43. The third-order valence-electron chi connectivity index (χ3n) is 4.13. The van der Waals surface area contributed by atoms with E-state index in [9.17, 15) is 13.2 Å². The van der Waals surface area contributed by atoms with Crippen molar-refractivity contribution in [1.29, 1.82) is 0 Å². The first-order chi connectivity index (χ1) is 9.61. The van der Waals surface area contributed by atoms with Crippen molar-refractivity contribution in [3.05, 3.63) is 36.2 Å². The Hall–Kier alpha value is -1.65. The van der Waals surface area contributed by atoms with E-state index < -0.39 is 18.2 Å². The van der Waals surface area contributed by atoms with Gasteiger partial charge in [0, 0.05) is 18.3 Å². The largest absolute Gasteiger partial charge is 0.432 e. The van der Waals surface area contributed by atoms with Crippen LogP contribution < -0.4 is 10.1 Å². The quantitative estimate of drug-likeness (QED) is 0.823. The molecule has 0 heterocycles. The minimum atomic E-state index is -3.01. The lowest BCUT2D eigenvalue weighted by atomic mass is 9.93. The summed E-state index contributed by atoms with van der Waals surface area (Å²) in [6, 6.07) is 3.98. The minimum Gasteiger partial charge on any atom is -0.432 e. The highest BCUT2D eigenvalue weighted by molar-refractivity contribution is 5.47. The van der Waals surface area contributed by atoms with Gasteiger partial charge in [-0.1, -0.05) is 12.2 Å². The zero-order valence-electron chi connectivity index (χ0n) is 10.9. The van der Waals surface area contributed by atoms with Gasteiger partial charge in [-0.3, -0.25) is 0 Å². The Bertz CT molecular complexity index is 518. The first kappa shape index (κ1) is 13.3. The van der Waals surface area contributed by atoms with Crippen molar-refractivity contribution in [3.8, 4) is 5.75 Å². The van der Waals surface area contributed by atoms with Crippen molar-refractivity contribution in [1.82, 2.24) is 0 Å². The molecule has 3 atom stereocenters. The number of hydrogen-bond donors (Lipinski definition) is 1. The molecule has 0 aliphatic heterocycles. The Morgan fingerprint density at radius 2 is 2.10 bits per heavy atom. The van der Waals surface area contributed by atoms with Crippen LogP contribution in [0, 0.1) is 23.6 Å². The molecule has 2 aliphatic carbocycles. The van der Waals surface area contributed by atoms with Gasteiger partial charge < -0.3 is 10.1 Å². The van der Waals surface area contributed by atoms with E-state index in [2.05, 4.69) is 22.2 Å². The molecule has 1 N–H and O–H groups in total. The van der Waals surface area contributed by atoms with Crippen LogP contribution in [0.25, 0.3) is 0 Å². The number of allylic oxidation sites excluding steroid dienone is 2. The van der Waals surface area contributed by atoms with Crippen LogP contribution in [0.4, 0.5) is 18.9 Å². The molecule has 2 bridgehead atoms. The van der Waals surface area contributed by atoms with Crippen LogP contribution in [0.2, 0.25) is 0 Å². The normalized spacial score (nSPS) is 27.3. The van der Waals surface area contributed by atoms with Gasteiger partial charge in [0.15, 0.2) is 11.6 Å². The summed E-state index contributed by atoms with van der Waals surface area (Å²) in [6.07, 6.45) is 6.93. The van der Waals surface area contributed by atoms with E-state index in [4.69, 9.17) is 0 Å². The van der Waals surface area contributed by atoms with Crippen molar-refractivity contribution in [3.63, 3.8) is 0 Å². The molecule has 1 aromatic rings. The number of nitrogens with one attached hydrogen (secondary N) is 1. The van der Waals surface area contributed by atoms with E-state index in [0.29, 0.717) is 23.4 Å². The van der Waals surface area contributed by atoms with Crippen LogP contribution in [0.5, 0.6) is 5.75 Å². The number of alkyl halides is 2. The molecule has 1 aromatic carbocycles. The number of halogens is 3. The Labute approximate surface area is 115 Å². The topological polar surface area (TPSA) is 21.3 Å². The molecule has 0 aromatic heterocycles. The lowest BCUT2D eigenvalue weighted by molar-refractivity contribution is -0.0521. The van der Waals surface area contributed by atoms with E-state index >= 15 is 0 Å². The molecule has 3 unspecified atom stereocenters. The summed E-state index contributed by atoms with van der Waals surface area (Å²) in [5.74, 6) is 0.700. The van der Waals surface area contributed by atoms with Gasteiger partial charge in [0.25, 0.3) is 0 Å². The van der Waals surface area contributed by atoms with Crippen molar-refractivity contribution in [2.24, 2.45) is 17.8 Å². The third-order valence-corrected chi connectivity index (χ3v) is 4.13. The van der Waals surface area contributed by atoms with Gasteiger partial charge >= 0.3 is 6.61 Å². The predicted molar refractivity (Wildman–Crippen MR) is 70.4 cm³/mol. The standard InChI is InChI=1S/C15H16F3NO/c16-13-7-12(3-4-14(13)20-15(17)18)19-8-11-6-9-1-2-10(11)5-9/h1-4,7,9-11,15,19H,5-6,8H2. The number of anilines is 1. The van der Waals surface area contributed by atoms with Crippen molar-refractivity contribution >= 4 is 5.69 Å². The number of ether oxygens (including phenoxy) is 1. The average Bonchev–Trinajstić information content (AvgIpc) is 3.01. The lowest BCUT2D eigenvalue weighted by Gasteiger charge is -2.19. The van der Waals surface area contributed by atoms with Gasteiger partial charge in [-0.25, -0.2) is 4.39 Å². The fraction of sp³-hybridized carbons (Fsp3) is 0.467. The van der Waals surface area contributed by atoms with Gasteiger partial charge in [-0.2, -0.15) is 8.78 Å². The second-order valence-corrected chi connectivity index (χ2v) is 5.44. The molecule has 3 rings (SSSR count). The van der Waals surface area contributed by atoms with Gasteiger partial charge in [0.1, 0.15) is 0 Å². The van der Waals surface area contributed by atoms with Crippen LogP contribution in [0.15, 0.2) is 30.4 Å². The van der Waals surface area contributed by atoms with Gasteiger partial charge in [0.2, 0.25) is 0 Å². The van der Waals surface area contributed by atoms with Crippen molar-refractivity contribution in [2.75, 3.05) is 11.9 Å². The maximum Gasteiger partial charge on any atom is 0.387 e. The summed E-state index contributed by atoms with van der Waals surface area (Å²) in [4.78, 5) is 0. The summed E-state index contributed by atoms with van der Waals surface area (Å²) in [5, 5.41) is 3.18. The zero-order valence-corrected chi connectivity index (χ0v) is 10.9. The number of benzene rings is 1. The maximum atomic E-state index is 13.6. The SMILES string of the molecule is Fc1cc(NCC2CC3C=CC2C3)ccc1OC(F)F. The fourth-order valence-corrected chi connectivity index (χ4v) is 3.18. The number of rotatable bonds is 5. The molecule has 1 fully saturated rings. The zero-order chi connectivity index (χ0) is 14.1. The second kappa shape index (κ2) is 5.38. The van der Waals surface area contributed by atoms with Crippen molar-refractivity contribution in [2.45, 2.75) is 19.5 Å². The molecule has 0 saturated heterocycles. The molecular weight excluding hydrogens is 267 g/mol. The van der Waals surface area contributed by atoms with Crippen LogP contribution in [0.1, 0.15) is 12.8 Å². The summed E-state index contributed by atoms with van der Waals surface area (Å²) in [5.41, 5.74) is 0.593. The number of fused-ring (bicyclic) bond motifs is 2. The Kier molecular flexibility index (Phi) is 3.59. The smallest absolute Gasteiger partial charge is 0.387 e. The second-order valence-electron chi connectivity index (χ2n) is 5.44. The van der Waals surface area contributed by atoms with Gasteiger partial charge in [-0.15, -0.1) is 0 Å². The molecule has 2 aliphatic rings. The monoisotopic (exact) mass is 283 g/mol. The molecule has 108 valence electrons. The minimum absolute atomic E-state index is 0.423. The summed E-state index contributed by atoms with van der Waals surface area (Å²) >= 11 is 0. The highest BCUT2D eigenvalue weighted by atomic mass is 19.3. The Morgan fingerprint density at radius 3 is 2.70 bits per heavy atom. The highest BCUT2D eigenvalue weighted by Gasteiger charge is 2.35. The fourth-order valence-electron chi connectivity index (χ4n) is 3.18. The van der Waals surface area contributed by atoms with Gasteiger partial charge in [-0.05, 0) is 42.7 Å². The first-order valence-corrected chi connectivity index (χ1v) is 6.78. The molecule has 5 heteroatoms. The van der Waals surface area contributed by atoms with Crippen LogP contribution in [0.3, 0.4) is 0 Å². The van der Waals surface area contributed by atoms with E-state index in [1.54, 1.807) is 6.07 Å². The Balaban J connectivity index is 1.58. The van der Waals surface area contributed by atoms with Crippen LogP contribution in [-0.4, -0.2) is 13.2 Å². The Morgan fingerprint density at radius 1 is 1.25 bits per heavy atom. The predicted octanol–water partition coefficient (Wildman–Crippen LogP) is 4.05. The summed E-state index contributed by atoms with van der Waals surface area (Å²) < 4.78 is 41.7. The van der Waals surface area contributed by atoms with E-state index in [-0.39, 0.29) is 0 Å². The molecular formula is C15H16F3NO. The molecule has 0 spiro atoms. The molecule has 1 saturated carbocycles. The van der Waals surface area contributed by atoms with Crippen LogP contribution >= 0.6 is 0 Å². The molecule has 0 amide bonds. The molecule has 2 nitrogen and oxygen atoms in total. The third kappa shape index (κ3) is 2.76. The van der Waals surface area contributed by atoms with Crippen LogP contribution in [-0.2, 0) is 0 Å². The average molecular weight is 283 g/mol. The maximum absolute atomic E-state index is 13.6. The first-order valence-electron chi connectivity index (χ1n) is 6.78. The van der Waals surface area contributed by atoms with E-state index in [1.165, 1.54) is 25.0 Å². The lowest BCUT2D eigenvalue weighted by Crippen LogP contribution is -2.18. The van der Waals surface area contributed by atoms with E-state index in [1.807, 2.05) is 0 Å². The molecule has 0 radical (unpaired) electrons. The van der Waals surface area contributed by atoms with Crippen molar-refractivity contribution < 1.29 is 17.9 Å². The summed E-state index contributed by atoms with van der Waals surface area (Å²) in [6.45, 7) is -2.23.